The summed E-state index contributed by atoms with van der Waals surface area (Å²) in [7, 11) is 5.19. The first-order valence-electron chi connectivity index (χ1n) is 8.67. The number of carbonyl (C=O) groups excluding carboxylic acids is 1. The van der Waals surface area contributed by atoms with Crippen LogP contribution >= 0.6 is 11.8 Å². The Kier molecular flexibility index (Phi) is 5.86. The van der Waals surface area contributed by atoms with E-state index in [-0.39, 0.29) is 11.2 Å². The molecule has 3 aromatic rings. The molecule has 27 heavy (non-hydrogen) atoms. The smallest absolute Gasteiger partial charge is 0.235 e. The lowest BCUT2D eigenvalue weighted by Gasteiger charge is -2.18. The number of aromatic nitrogens is 2. The molecule has 0 aliphatic heterocycles. The summed E-state index contributed by atoms with van der Waals surface area (Å²) in [5, 5.41) is 0.500. The van der Waals surface area contributed by atoms with E-state index in [1.165, 1.54) is 11.8 Å². The van der Waals surface area contributed by atoms with Gasteiger partial charge in [0.1, 0.15) is 5.75 Å². The Bertz CT molecular complexity index is 922. The van der Waals surface area contributed by atoms with Crippen molar-refractivity contribution in [1.29, 1.82) is 0 Å². The maximum absolute atomic E-state index is 12.3. The summed E-state index contributed by atoms with van der Waals surface area (Å²) in [5.41, 5.74) is 2.89. The Morgan fingerprint density at radius 3 is 2.44 bits per heavy atom. The number of benzene rings is 2. The van der Waals surface area contributed by atoms with E-state index >= 15 is 0 Å². The van der Waals surface area contributed by atoms with Gasteiger partial charge in [-0.25, -0.2) is 4.98 Å². The fraction of sp³-hybridized carbons (Fsp3) is 0.238. The zero-order valence-corrected chi connectivity index (χ0v) is 16.7. The molecule has 0 aliphatic carbocycles. The number of para-hydroxylation sites is 2. The molecule has 0 saturated carbocycles. The van der Waals surface area contributed by atoms with E-state index in [1.807, 2.05) is 67.7 Å². The molecular weight excluding hydrogens is 358 g/mol. The maximum Gasteiger partial charge on any atom is 0.235 e. The minimum absolute atomic E-state index is 0.0517. The molecule has 1 aromatic heterocycles. The second kappa shape index (κ2) is 8.31. The highest BCUT2D eigenvalue weighted by Crippen LogP contribution is 2.35. The van der Waals surface area contributed by atoms with Gasteiger partial charge in [-0.15, -0.1) is 0 Å². The minimum Gasteiger partial charge on any atom is -0.495 e. The van der Waals surface area contributed by atoms with Crippen LogP contribution in [-0.4, -0.2) is 46.8 Å². The van der Waals surface area contributed by atoms with Crippen molar-refractivity contribution in [2.45, 2.75) is 17.3 Å². The summed E-state index contributed by atoms with van der Waals surface area (Å²) in [6.07, 6.45) is 1.84. The first kappa shape index (κ1) is 19.0. The number of imidazole rings is 1. The van der Waals surface area contributed by atoms with Gasteiger partial charge in [-0.2, -0.15) is 0 Å². The van der Waals surface area contributed by atoms with E-state index in [9.17, 15) is 4.79 Å². The van der Waals surface area contributed by atoms with Gasteiger partial charge in [-0.3, -0.25) is 9.36 Å². The van der Waals surface area contributed by atoms with Gasteiger partial charge in [0.2, 0.25) is 5.91 Å². The Labute approximate surface area is 164 Å². The third-order valence-corrected chi connectivity index (χ3v) is 5.25. The van der Waals surface area contributed by atoms with Gasteiger partial charge >= 0.3 is 0 Å². The van der Waals surface area contributed by atoms with Crippen LogP contribution < -0.4 is 4.74 Å². The molecule has 0 radical (unpaired) electrons. The number of rotatable bonds is 6. The number of hydrogen-bond donors (Lipinski definition) is 0. The largest absolute Gasteiger partial charge is 0.495 e. The summed E-state index contributed by atoms with van der Waals surface area (Å²) in [6.45, 7) is 1.90. The average molecular weight is 382 g/mol. The SMILES string of the molecule is COc1ccccc1-n1c(-c2ccccc2)cnc1SC(C)C(=O)N(C)C. The third kappa shape index (κ3) is 4.01. The Balaban J connectivity index is 2.12. The summed E-state index contributed by atoms with van der Waals surface area (Å²) < 4.78 is 7.63. The molecule has 1 amide bonds. The molecule has 0 N–H and O–H groups in total. The molecule has 0 aliphatic rings. The Morgan fingerprint density at radius 2 is 1.78 bits per heavy atom. The summed E-state index contributed by atoms with van der Waals surface area (Å²) in [5.74, 6) is 0.803. The van der Waals surface area contributed by atoms with Crippen molar-refractivity contribution < 1.29 is 9.53 Å². The monoisotopic (exact) mass is 381 g/mol. The second-order valence-electron chi connectivity index (χ2n) is 6.29. The predicted octanol–water partition coefficient (Wildman–Crippen LogP) is 4.12. The molecule has 0 saturated heterocycles. The zero-order valence-electron chi connectivity index (χ0n) is 15.9. The van der Waals surface area contributed by atoms with E-state index in [4.69, 9.17) is 4.74 Å². The van der Waals surface area contributed by atoms with Gasteiger partial charge in [-0.1, -0.05) is 54.2 Å². The predicted molar refractivity (Wildman–Crippen MR) is 110 cm³/mol. The summed E-state index contributed by atoms with van der Waals surface area (Å²) in [6, 6.07) is 17.9. The average Bonchev–Trinajstić information content (AvgIpc) is 3.11. The third-order valence-electron chi connectivity index (χ3n) is 4.20. The van der Waals surface area contributed by atoms with Crippen LogP contribution in [0.15, 0.2) is 66.0 Å². The van der Waals surface area contributed by atoms with Crippen LogP contribution in [0, 0.1) is 0 Å². The number of thioether (sulfide) groups is 1. The molecule has 5 nitrogen and oxygen atoms in total. The lowest BCUT2D eigenvalue weighted by atomic mass is 10.1. The number of ether oxygens (including phenoxy) is 1. The van der Waals surface area contributed by atoms with Crippen molar-refractivity contribution in [2.24, 2.45) is 0 Å². The molecule has 0 spiro atoms. The standard InChI is InChI=1S/C21H23N3O2S/c1-15(20(25)23(2)3)27-21-22-14-18(16-10-6-5-7-11-16)24(21)17-12-8-9-13-19(17)26-4/h5-15H,1-4H3. The van der Waals surface area contributed by atoms with Gasteiger partial charge in [0, 0.05) is 19.7 Å². The molecule has 1 atom stereocenters. The van der Waals surface area contributed by atoms with Crippen molar-refractivity contribution in [1.82, 2.24) is 14.5 Å². The van der Waals surface area contributed by atoms with E-state index in [1.54, 1.807) is 26.1 Å². The quantitative estimate of drug-likeness (QED) is 0.603. The van der Waals surface area contributed by atoms with Gasteiger partial charge in [0.25, 0.3) is 0 Å². The fourth-order valence-corrected chi connectivity index (χ4v) is 3.89. The first-order valence-corrected chi connectivity index (χ1v) is 9.55. The van der Waals surface area contributed by atoms with Crippen molar-refractivity contribution in [3.05, 3.63) is 60.8 Å². The lowest BCUT2D eigenvalue weighted by Crippen LogP contribution is -2.29. The van der Waals surface area contributed by atoms with Crippen LogP contribution in [0.3, 0.4) is 0 Å². The minimum atomic E-state index is -0.250. The van der Waals surface area contributed by atoms with Gasteiger partial charge in [0.15, 0.2) is 5.16 Å². The number of nitrogens with zero attached hydrogens (tertiary/aromatic N) is 3. The molecule has 0 bridgehead atoms. The number of amides is 1. The number of hydrogen-bond acceptors (Lipinski definition) is 4. The highest BCUT2D eigenvalue weighted by Gasteiger charge is 2.22. The number of methoxy groups -OCH3 is 1. The fourth-order valence-electron chi connectivity index (χ4n) is 2.85. The van der Waals surface area contributed by atoms with Gasteiger partial charge in [-0.05, 0) is 19.1 Å². The van der Waals surface area contributed by atoms with Crippen LogP contribution in [-0.2, 0) is 4.79 Å². The lowest BCUT2D eigenvalue weighted by molar-refractivity contribution is -0.127. The van der Waals surface area contributed by atoms with E-state index < -0.39 is 0 Å². The molecular formula is C21H23N3O2S. The van der Waals surface area contributed by atoms with Crippen LogP contribution in [0.5, 0.6) is 5.75 Å². The van der Waals surface area contributed by atoms with Gasteiger partial charge in [0.05, 0.1) is 29.9 Å². The Morgan fingerprint density at radius 1 is 1.11 bits per heavy atom. The van der Waals surface area contributed by atoms with E-state index in [2.05, 4.69) is 9.55 Å². The molecule has 6 heteroatoms. The van der Waals surface area contributed by atoms with Crippen LogP contribution in [0.1, 0.15) is 6.92 Å². The van der Waals surface area contributed by atoms with Crippen LogP contribution in [0.2, 0.25) is 0 Å². The first-order chi connectivity index (χ1) is 13.0. The summed E-state index contributed by atoms with van der Waals surface area (Å²) >= 11 is 1.44. The Hall–Kier alpha value is -2.73. The highest BCUT2D eigenvalue weighted by molar-refractivity contribution is 8.00. The van der Waals surface area contributed by atoms with Crippen LogP contribution in [0.25, 0.3) is 16.9 Å². The molecule has 0 fully saturated rings. The van der Waals surface area contributed by atoms with Crippen molar-refractivity contribution >= 4 is 17.7 Å². The molecule has 1 heterocycles. The molecule has 2 aromatic carbocycles. The van der Waals surface area contributed by atoms with E-state index in [0.29, 0.717) is 0 Å². The second-order valence-corrected chi connectivity index (χ2v) is 7.60. The molecule has 140 valence electrons. The maximum atomic E-state index is 12.3. The zero-order chi connectivity index (χ0) is 19.4. The molecule has 1 unspecified atom stereocenters. The van der Waals surface area contributed by atoms with Gasteiger partial charge < -0.3 is 9.64 Å². The summed E-state index contributed by atoms with van der Waals surface area (Å²) in [4.78, 5) is 18.6. The van der Waals surface area contributed by atoms with E-state index in [0.717, 1.165) is 27.9 Å². The molecule has 3 rings (SSSR count). The van der Waals surface area contributed by atoms with Crippen molar-refractivity contribution in [3.63, 3.8) is 0 Å². The highest BCUT2D eigenvalue weighted by atomic mass is 32.2. The van der Waals surface area contributed by atoms with Crippen molar-refractivity contribution in [2.75, 3.05) is 21.2 Å². The van der Waals surface area contributed by atoms with Crippen molar-refractivity contribution in [3.8, 4) is 22.7 Å². The normalized spacial score (nSPS) is 11.9. The number of carbonyl (C=O) groups is 1. The topological polar surface area (TPSA) is 47.4 Å². The van der Waals surface area contributed by atoms with Crippen LogP contribution in [0.4, 0.5) is 0 Å².